The van der Waals surface area contributed by atoms with Gasteiger partial charge in [0.25, 0.3) is 0 Å². The number of rotatable bonds is 7. The molecule has 0 aliphatic heterocycles. The van der Waals surface area contributed by atoms with Gasteiger partial charge in [-0.15, -0.1) is 0 Å². The number of carbonyl (C=O) groups is 1. The van der Waals surface area contributed by atoms with Gasteiger partial charge in [-0.3, -0.25) is 0 Å². The van der Waals surface area contributed by atoms with E-state index in [9.17, 15) is 4.79 Å². The Morgan fingerprint density at radius 2 is 1.81 bits per heavy atom. The van der Waals surface area contributed by atoms with Crippen LogP contribution in [0.3, 0.4) is 0 Å². The molecule has 1 N–H and O–H groups in total. The van der Waals surface area contributed by atoms with Gasteiger partial charge in [0.15, 0.2) is 11.5 Å². The molecule has 2 amide bonds. The number of carbonyl (C=O) groups excluding carboxylic acids is 1. The smallest absolute Gasteiger partial charge is 0.322 e. The Balaban J connectivity index is 1.53. The van der Waals surface area contributed by atoms with E-state index in [1.165, 1.54) is 6.42 Å². The van der Waals surface area contributed by atoms with Crippen LogP contribution < -0.4 is 14.8 Å². The Kier molecular flexibility index (Phi) is 6.89. The quantitative estimate of drug-likeness (QED) is 0.553. The minimum Gasteiger partial charge on any atom is -0.493 e. The first-order valence-electron chi connectivity index (χ1n) is 10.9. The van der Waals surface area contributed by atoms with Crippen LogP contribution in [0, 0.1) is 0 Å². The van der Waals surface area contributed by atoms with E-state index in [1.807, 2.05) is 41.3 Å². The van der Waals surface area contributed by atoms with Crippen molar-refractivity contribution in [2.45, 2.75) is 44.7 Å². The second-order valence-electron chi connectivity index (χ2n) is 7.80. The standard InChI is InChI=1S/C24H28N4O4/c1-30-20-14-13-17(15-21(20)31-2)23-26-22(32-27-23)16-28(19-11-7-4-8-12-19)24(29)25-18-9-5-3-6-10-18/h3,5-6,9-10,13-15,19H,4,7-8,11-12,16H2,1-2H3,(H,25,29). The molecule has 4 rings (SSSR count). The van der Waals surface area contributed by atoms with Crippen LogP contribution in [0.25, 0.3) is 11.4 Å². The highest BCUT2D eigenvalue weighted by molar-refractivity contribution is 5.89. The van der Waals surface area contributed by atoms with Crippen molar-refractivity contribution in [3.63, 3.8) is 0 Å². The Bertz CT molecular complexity index is 1030. The molecule has 3 aromatic rings. The van der Waals surface area contributed by atoms with Gasteiger partial charge < -0.3 is 24.2 Å². The molecule has 1 fully saturated rings. The van der Waals surface area contributed by atoms with E-state index in [2.05, 4.69) is 15.5 Å². The zero-order valence-electron chi connectivity index (χ0n) is 18.4. The highest BCUT2D eigenvalue weighted by Gasteiger charge is 2.27. The van der Waals surface area contributed by atoms with Crippen LogP contribution in [-0.2, 0) is 6.54 Å². The molecule has 1 saturated carbocycles. The lowest BCUT2D eigenvalue weighted by molar-refractivity contribution is 0.151. The molecule has 8 nitrogen and oxygen atoms in total. The van der Waals surface area contributed by atoms with Crippen LogP contribution in [0.1, 0.15) is 38.0 Å². The first kappa shape index (κ1) is 21.7. The fraction of sp³-hybridized carbons (Fsp3) is 0.375. The summed E-state index contributed by atoms with van der Waals surface area (Å²) in [5, 5.41) is 7.11. The van der Waals surface area contributed by atoms with Crippen molar-refractivity contribution in [3.05, 3.63) is 54.4 Å². The normalized spacial score (nSPS) is 14.1. The lowest BCUT2D eigenvalue weighted by Gasteiger charge is -2.33. The third-order valence-corrected chi connectivity index (χ3v) is 5.72. The molecule has 0 unspecified atom stereocenters. The summed E-state index contributed by atoms with van der Waals surface area (Å²) < 4.78 is 16.2. The lowest BCUT2D eigenvalue weighted by atomic mass is 9.94. The number of aromatic nitrogens is 2. The molecule has 0 spiro atoms. The molecule has 0 saturated heterocycles. The van der Waals surface area contributed by atoms with Crippen molar-refractivity contribution in [3.8, 4) is 22.9 Å². The number of nitrogens with zero attached hydrogens (tertiary/aromatic N) is 3. The van der Waals surface area contributed by atoms with Gasteiger partial charge >= 0.3 is 6.03 Å². The van der Waals surface area contributed by atoms with Gasteiger partial charge in [0.2, 0.25) is 11.7 Å². The fourth-order valence-electron chi connectivity index (χ4n) is 4.03. The van der Waals surface area contributed by atoms with Crippen molar-refractivity contribution < 1.29 is 18.8 Å². The van der Waals surface area contributed by atoms with Crippen LogP contribution >= 0.6 is 0 Å². The highest BCUT2D eigenvalue weighted by atomic mass is 16.5. The van der Waals surface area contributed by atoms with Crippen molar-refractivity contribution in [1.82, 2.24) is 15.0 Å². The van der Waals surface area contributed by atoms with E-state index in [0.717, 1.165) is 36.9 Å². The Labute approximate surface area is 187 Å². The molecule has 0 radical (unpaired) electrons. The van der Waals surface area contributed by atoms with Gasteiger partial charge in [0.1, 0.15) is 6.54 Å². The summed E-state index contributed by atoms with van der Waals surface area (Å²) in [5.74, 6) is 2.04. The lowest BCUT2D eigenvalue weighted by Crippen LogP contribution is -2.43. The van der Waals surface area contributed by atoms with E-state index < -0.39 is 0 Å². The zero-order chi connectivity index (χ0) is 22.3. The number of methoxy groups -OCH3 is 2. The highest BCUT2D eigenvalue weighted by Crippen LogP contribution is 2.31. The van der Waals surface area contributed by atoms with E-state index in [0.29, 0.717) is 23.2 Å². The first-order valence-corrected chi connectivity index (χ1v) is 10.9. The summed E-state index contributed by atoms with van der Waals surface area (Å²) in [6, 6.07) is 14.9. The maximum Gasteiger partial charge on any atom is 0.322 e. The Hall–Kier alpha value is -3.55. The monoisotopic (exact) mass is 436 g/mol. The van der Waals surface area contributed by atoms with Crippen LogP contribution in [0.5, 0.6) is 11.5 Å². The largest absolute Gasteiger partial charge is 0.493 e. The number of hydrogen-bond acceptors (Lipinski definition) is 6. The summed E-state index contributed by atoms with van der Waals surface area (Å²) in [6.07, 6.45) is 5.37. The van der Waals surface area contributed by atoms with E-state index in [1.54, 1.807) is 26.4 Å². The minimum absolute atomic E-state index is 0.142. The topological polar surface area (TPSA) is 89.7 Å². The van der Waals surface area contributed by atoms with Crippen molar-refractivity contribution in [2.75, 3.05) is 19.5 Å². The molecule has 1 aliphatic rings. The average Bonchev–Trinajstić information content (AvgIpc) is 3.32. The Morgan fingerprint density at radius 3 is 2.53 bits per heavy atom. The zero-order valence-corrected chi connectivity index (χ0v) is 18.4. The van der Waals surface area contributed by atoms with Gasteiger partial charge in [-0.25, -0.2) is 4.79 Å². The van der Waals surface area contributed by atoms with Crippen LogP contribution in [0.2, 0.25) is 0 Å². The predicted octanol–water partition coefficient (Wildman–Crippen LogP) is 5.12. The summed E-state index contributed by atoms with van der Waals surface area (Å²) in [7, 11) is 3.17. The van der Waals surface area contributed by atoms with Crippen LogP contribution in [-0.4, -0.2) is 41.3 Å². The average molecular weight is 437 g/mol. The Morgan fingerprint density at radius 1 is 1.06 bits per heavy atom. The number of amides is 2. The second kappa shape index (κ2) is 10.2. The number of benzene rings is 2. The minimum atomic E-state index is -0.158. The third kappa shape index (κ3) is 5.01. The summed E-state index contributed by atoms with van der Waals surface area (Å²) in [5.41, 5.74) is 1.51. The maximum absolute atomic E-state index is 13.1. The number of nitrogens with one attached hydrogen (secondary N) is 1. The van der Waals surface area contributed by atoms with Gasteiger partial charge in [-0.1, -0.05) is 42.6 Å². The summed E-state index contributed by atoms with van der Waals surface area (Å²) in [6.45, 7) is 0.254. The van der Waals surface area contributed by atoms with E-state index in [-0.39, 0.29) is 18.6 Å². The molecule has 1 aromatic heterocycles. The molecule has 2 aromatic carbocycles. The molecule has 32 heavy (non-hydrogen) atoms. The molecule has 168 valence electrons. The molecule has 1 heterocycles. The van der Waals surface area contributed by atoms with Crippen LogP contribution in [0.15, 0.2) is 53.1 Å². The molecular weight excluding hydrogens is 408 g/mol. The van der Waals surface area contributed by atoms with Gasteiger partial charge in [-0.05, 0) is 43.2 Å². The summed E-state index contributed by atoms with van der Waals surface area (Å²) >= 11 is 0. The van der Waals surface area contributed by atoms with E-state index in [4.69, 9.17) is 14.0 Å². The third-order valence-electron chi connectivity index (χ3n) is 5.72. The SMILES string of the molecule is COc1ccc(-c2noc(CN(C(=O)Nc3ccccc3)C3CCCCC3)n2)cc1OC. The maximum atomic E-state index is 13.1. The number of para-hydroxylation sites is 1. The van der Waals surface area contributed by atoms with Gasteiger partial charge in [-0.2, -0.15) is 4.98 Å². The molecular formula is C24H28N4O4. The number of anilines is 1. The molecule has 8 heteroatoms. The van der Waals surface area contributed by atoms with Crippen LogP contribution in [0.4, 0.5) is 10.5 Å². The van der Waals surface area contributed by atoms with Gasteiger partial charge in [0.05, 0.1) is 14.2 Å². The fourth-order valence-corrected chi connectivity index (χ4v) is 4.03. The van der Waals surface area contributed by atoms with Crippen molar-refractivity contribution >= 4 is 11.7 Å². The molecule has 0 atom stereocenters. The number of urea groups is 1. The molecule has 0 bridgehead atoms. The number of ether oxygens (including phenoxy) is 2. The first-order chi connectivity index (χ1) is 15.7. The second-order valence-corrected chi connectivity index (χ2v) is 7.80. The van der Waals surface area contributed by atoms with Crippen molar-refractivity contribution in [2.24, 2.45) is 0 Å². The van der Waals surface area contributed by atoms with Gasteiger partial charge in [0, 0.05) is 17.3 Å². The summed E-state index contributed by atoms with van der Waals surface area (Å²) in [4.78, 5) is 19.5. The molecule has 1 aliphatic carbocycles. The van der Waals surface area contributed by atoms with E-state index >= 15 is 0 Å². The van der Waals surface area contributed by atoms with Crippen molar-refractivity contribution in [1.29, 1.82) is 0 Å². The number of hydrogen-bond donors (Lipinski definition) is 1. The predicted molar refractivity (Wildman–Crippen MR) is 121 cm³/mol.